The second-order valence-electron chi connectivity index (χ2n) is 7.80. The van der Waals surface area contributed by atoms with Crippen LogP contribution in [0.2, 0.25) is 0 Å². The van der Waals surface area contributed by atoms with Crippen molar-refractivity contribution >= 4 is 28.7 Å². The van der Waals surface area contributed by atoms with Gasteiger partial charge in [0.25, 0.3) is 5.92 Å². The zero-order valence-corrected chi connectivity index (χ0v) is 16.6. The van der Waals surface area contributed by atoms with E-state index in [2.05, 4.69) is 37.8 Å². The number of anilines is 2. The predicted molar refractivity (Wildman–Crippen MR) is 108 cm³/mol. The minimum Gasteiger partial charge on any atom is -0.368 e. The van der Waals surface area contributed by atoms with Crippen molar-refractivity contribution in [2.45, 2.75) is 57.0 Å². The highest BCUT2D eigenvalue weighted by Crippen LogP contribution is 2.27. The van der Waals surface area contributed by atoms with Gasteiger partial charge in [0.05, 0.1) is 23.6 Å². The molecule has 158 valence electrons. The maximum absolute atomic E-state index is 13.4. The summed E-state index contributed by atoms with van der Waals surface area (Å²) in [5.74, 6) is -2.69. The molecular weight excluding hydrogens is 380 g/mol. The molecule has 1 fully saturated rings. The number of carbonyl (C=O) groups excluding carboxylic acids is 1. The Labute approximate surface area is 168 Å². The number of nitrogens with zero attached hydrogens (tertiary/aromatic N) is 3. The van der Waals surface area contributed by atoms with Crippen molar-refractivity contribution < 1.29 is 13.6 Å². The topological polar surface area (TPSA) is 118 Å². The third-order valence-corrected chi connectivity index (χ3v) is 5.05. The molecule has 10 heteroatoms. The van der Waals surface area contributed by atoms with Gasteiger partial charge in [-0.25, -0.2) is 13.8 Å². The van der Waals surface area contributed by atoms with Gasteiger partial charge in [-0.2, -0.15) is 4.98 Å². The van der Waals surface area contributed by atoms with Crippen LogP contribution in [0.5, 0.6) is 0 Å². The second-order valence-corrected chi connectivity index (χ2v) is 7.80. The first-order valence-corrected chi connectivity index (χ1v) is 9.77. The fraction of sp³-hybridized carbons (Fsp3) is 0.579. The minimum absolute atomic E-state index is 0.118. The van der Waals surface area contributed by atoms with E-state index < -0.39 is 36.4 Å². The van der Waals surface area contributed by atoms with Crippen molar-refractivity contribution in [2.24, 2.45) is 0 Å². The molecule has 1 saturated heterocycles. The SMILES string of the molecule is CCCC[C@@](C)(CNC(=O)[C@@H]1CC(F)(F)CN1)Nc1nc(N)nc2cccnc12. The monoisotopic (exact) mass is 407 g/mol. The summed E-state index contributed by atoms with van der Waals surface area (Å²) in [4.78, 5) is 25.2. The van der Waals surface area contributed by atoms with E-state index in [4.69, 9.17) is 5.73 Å². The fourth-order valence-electron chi connectivity index (χ4n) is 3.43. The van der Waals surface area contributed by atoms with E-state index >= 15 is 0 Å². The first kappa shape index (κ1) is 21.1. The number of halogens is 2. The number of pyridine rings is 1. The number of hydrogen-bond donors (Lipinski definition) is 4. The quantitative estimate of drug-likeness (QED) is 0.529. The van der Waals surface area contributed by atoms with Crippen molar-refractivity contribution in [3.63, 3.8) is 0 Å². The predicted octanol–water partition coefficient (Wildman–Crippen LogP) is 2.08. The maximum Gasteiger partial charge on any atom is 0.262 e. The Morgan fingerprint density at radius 3 is 2.93 bits per heavy atom. The third-order valence-electron chi connectivity index (χ3n) is 5.05. The van der Waals surface area contributed by atoms with E-state index in [0.717, 1.165) is 19.3 Å². The largest absolute Gasteiger partial charge is 0.368 e. The Balaban J connectivity index is 1.76. The molecule has 0 unspecified atom stereocenters. The van der Waals surface area contributed by atoms with Gasteiger partial charge in [-0.05, 0) is 25.5 Å². The highest BCUT2D eigenvalue weighted by molar-refractivity contribution is 5.86. The van der Waals surface area contributed by atoms with Crippen molar-refractivity contribution in [1.82, 2.24) is 25.6 Å². The van der Waals surface area contributed by atoms with Crippen LogP contribution in [0.4, 0.5) is 20.5 Å². The number of nitrogens with two attached hydrogens (primary N) is 1. The molecule has 0 aliphatic carbocycles. The van der Waals surface area contributed by atoms with Gasteiger partial charge in [-0.15, -0.1) is 0 Å². The van der Waals surface area contributed by atoms with Crippen LogP contribution in [-0.2, 0) is 4.79 Å². The number of carbonyl (C=O) groups is 1. The Morgan fingerprint density at radius 2 is 2.24 bits per heavy atom. The number of nitrogen functional groups attached to an aromatic ring is 1. The molecule has 3 rings (SSSR count). The zero-order valence-electron chi connectivity index (χ0n) is 16.6. The highest BCUT2D eigenvalue weighted by atomic mass is 19.3. The summed E-state index contributed by atoms with van der Waals surface area (Å²) >= 11 is 0. The first-order chi connectivity index (χ1) is 13.7. The van der Waals surface area contributed by atoms with Crippen LogP contribution >= 0.6 is 0 Å². The van der Waals surface area contributed by atoms with E-state index in [0.29, 0.717) is 16.9 Å². The summed E-state index contributed by atoms with van der Waals surface area (Å²) in [5.41, 5.74) is 6.45. The van der Waals surface area contributed by atoms with Crippen molar-refractivity contribution in [1.29, 1.82) is 0 Å². The zero-order chi connectivity index (χ0) is 21.1. The van der Waals surface area contributed by atoms with Gasteiger partial charge in [0, 0.05) is 19.2 Å². The summed E-state index contributed by atoms with van der Waals surface area (Å²) in [5, 5.41) is 8.74. The Kier molecular flexibility index (Phi) is 6.11. The second kappa shape index (κ2) is 8.40. The van der Waals surface area contributed by atoms with E-state index in [1.54, 1.807) is 18.3 Å². The van der Waals surface area contributed by atoms with Crippen molar-refractivity contribution in [2.75, 3.05) is 24.1 Å². The van der Waals surface area contributed by atoms with Crippen molar-refractivity contribution in [3.05, 3.63) is 18.3 Å². The van der Waals surface area contributed by atoms with Gasteiger partial charge in [-0.1, -0.05) is 19.8 Å². The summed E-state index contributed by atoms with van der Waals surface area (Å²) in [7, 11) is 0. The van der Waals surface area contributed by atoms with E-state index in [-0.39, 0.29) is 12.5 Å². The van der Waals surface area contributed by atoms with Gasteiger partial charge >= 0.3 is 0 Å². The molecular formula is C19H27F2N7O. The lowest BCUT2D eigenvalue weighted by Gasteiger charge is -2.32. The molecule has 0 bridgehead atoms. The summed E-state index contributed by atoms with van der Waals surface area (Å²) < 4.78 is 26.8. The number of amides is 1. The number of fused-ring (bicyclic) bond motifs is 1. The molecule has 8 nitrogen and oxygen atoms in total. The van der Waals surface area contributed by atoms with Crippen LogP contribution in [0.1, 0.15) is 39.5 Å². The van der Waals surface area contributed by atoms with Gasteiger partial charge in [-0.3, -0.25) is 15.1 Å². The van der Waals surface area contributed by atoms with E-state index in [9.17, 15) is 13.6 Å². The van der Waals surface area contributed by atoms with Gasteiger partial charge in [0.2, 0.25) is 11.9 Å². The van der Waals surface area contributed by atoms with Crippen LogP contribution in [0.15, 0.2) is 18.3 Å². The molecule has 2 aromatic rings. The molecule has 0 radical (unpaired) electrons. The van der Waals surface area contributed by atoms with Gasteiger partial charge < -0.3 is 16.4 Å². The molecule has 29 heavy (non-hydrogen) atoms. The fourth-order valence-corrected chi connectivity index (χ4v) is 3.43. The summed E-state index contributed by atoms with van der Waals surface area (Å²) in [6, 6.07) is 2.67. The lowest BCUT2D eigenvalue weighted by Crippen LogP contribution is -2.50. The number of rotatable bonds is 8. The van der Waals surface area contributed by atoms with Crippen LogP contribution in [0.25, 0.3) is 11.0 Å². The number of alkyl halides is 2. The maximum atomic E-state index is 13.4. The first-order valence-electron chi connectivity index (χ1n) is 9.77. The van der Waals surface area contributed by atoms with E-state index in [1.807, 2.05) is 6.92 Å². The molecule has 0 aromatic carbocycles. The molecule has 2 aromatic heterocycles. The standard InChI is InChI=1S/C19H27F2N7O/c1-3-4-7-18(2,10-25-16(29)13-9-19(20,21)11-24-13)28-15-14-12(6-5-8-23-14)26-17(22)27-15/h5-6,8,13,24H,3-4,7,9-11H2,1-2H3,(H,25,29)(H3,22,26,27,28)/t13-,18-/m0/s1. The van der Waals surface area contributed by atoms with Gasteiger partial charge in [0.15, 0.2) is 5.82 Å². The van der Waals surface area contributed by atoms with Crippen LogP contribution in [0, 0.1) is 0 Å². The molecule has 0 saturated carbocycles. The lowest BCUT2D eigenvalue weighted by molar-refractivity contribution is -0.123. The van der Waals surface area contributed by atoms with E-state index in [1.165, 1.54) is 0 Å². The molecule has 1 aliphatic heterocycles. The smallest absolute Gasteiger partial charge is 0.262 e. The number of aromatic nitrogens is 3. The number of nitrogens with one attached hydrogen (secondary N) is 3. The van der Waals surface area contributed by atoms with Crippen LogP contribution in [0.3, 0.4) is 0 Å². The molecule has 3 heterocycles. The van der Waals surface area contributed by atoms with Gasteiger partial charge in [0.1, 0.15) is 5.52 Å². The van der Waals surface area contributed by atoms with Crippen molar-refractivity contribution in [3.8, 4) is 0 Å². The lowest BCUT2D eigenvalue weighted by atomic mass is 9.94. The van der Waals surface area contributed by atoms with Crippen LogP contribution in [-0.4, -0.2) is 51.5 Å². The molecule has 5 N–H and O–H groups in total. The molecule has 0 spiro atoms. The third kappa shape index (κ3) is 5.26. The average molecular weight is 407 g/mol. The Bertz CT molecular complexity index is 879. The minimum atomic E-state index is -2.85. The Morgan fingerprint density at radius 1 is 1.45 bits per heavy atom. The number of unbranched alkanes of at least 4 members (excludes halogenated alkanes) is 1. The average Bonchev–Trinajstić information content (AvgIpc) is 3.04. The number of hydrogen-bond acceptors (Lipinski definition) is 7. The highest BCUT2D eigenvalue weighted by Gasteiger charge is 2.42. The summed E-state index contributed by atoms with van der Waals surface area (Å²) in [6.07, 6.45) is 3.76. The Hall–Kier alpha value is -2.62. The molecule has 1 amide bonds. The summed E-state index contributed by atoms with van der Waals surface area (Å²) in [6.45, 7) is 3.79. The van der Waals surface area contributed by atoms with Crippen LogP contribution < -0.4 is 21.7 Å². The molecule has 1 aliphatic rings. The molecule has 2 atom stereocenters. The normalized spacial score (nSPS) is 20.3.